The van der Waals surface area contributed by atoms with Crippen LogP contribution in [0.15, 0.2) is 4.99 Å². The van der Waals surface area contributed by atoms with Gasteiger partial charge in [-0.3, -0.25) is 4.79 Å². The summed E-state index contributed by atoms with van der Waals surface area (Å²) in [5, 5.41) is 7.95. The molecule has 2 unspecified atom stereocenters. The fourth-order valence-electron chi connectivity index (χ4n) is 3.54. The minimum absolute atomic E-state index is 0.0466. The van der Waals surface area contributed by atoms with Gasteiger partial charge < -0.3 is 15.5 Å². The minimum atomic E-state index is 0.0466. The number of nitrogens with zero attached hydrogens (tertiary/aromatic N) is 2. The first-order valence-electron chi connectivity index (χ1n) is 9.39. The van der Waals surface area contributed by atoms with Gasteiger partial charge in [-0.05, 0) is 38.4 Å². The molecule has 0 aromatic heterocycles. The summed E-state index contributed by atoms with van der Waals surface area (Å²) in [6.45, 7) is 0.216. The lowest BCUT2D eigenvalue weighted by Crippen LogP contribution is -2.49. The van der Waals surface area contributed by atoms with Crippen LogP contribution in [-0.2, 0) is 4.79 Å². The summed E-state index contributed by atoms with van der Waals surface area (Å²) >= 11 is 1.97. The molecule has 0 radical (unpaired) electrons. The topological polar surface area (TPSA) is 56.7 Å². The summed E-state index contributed by atoms with van der Waals surface area (Å²) in [4.78, 5) is 18.1. The second-order valence-electron chi connectivity index (χ2n) is 7.30. The number of nitrogens with one attached hydrogen (secondary N) is 2. The third-order valence-electron chi connectivity index (χ3n) is 5.12. The van der Waals surface area contributed by atoms with Crippen molar-refractivity contribution in [3.63, 3.8) is 0 Å². The van der Waals surface area contributed by atoms with E-state index >= 15 is 0 Å². The van der Waals surface area contributed by atoms with E-state index in [1.807, 2.05) is 11.8 Å². The predicted octanol–water partition coefficient (Wildman–Crippen LogP) is 2.62. The average Bonchev–Trinajstić information content (AvgIpc) is 2.60. The van der Waals surface area contributed by atoms with E-state index in [4.69, 9.17) is 0 Å². The van der Waals surface area contributed by atoms with E-state index in [0.29, 0.717) is 12.1 Å². The Kier molecular flexibility index (Phi) is 8.22. The molecule has 2 atom stereocenters. The zero-order chi connectivity index (χ0) is 17.4. The molecular formula is C18H34N4OS. The Bertz CT molecular complexity index is 421. The monoisotopic (exact) mass is 354 g/mol. The van der Waals surface area contributed by atoms with Gasteiger partial charge in [-0.25, -0.2) is 4.99 Å². The number of carbonyl (C=O) groups excluding carboxylic acids is 1. The van der Waals surface area contributed by atoms with Crippen molar-refractivity contribution >= 4 is 23.6 Å². The van der Waals surface area contributed by atoms with Gasteiger partial charge in [-0.1, -0.05) is 25.7 Å². The van der Waals surface area contributed by atoms with Crippen LogP contribution < -0.4 is 10.6 Å². The second-order valence-corrected chi connectivity index (χ2v) is 8.44. The standard InChI is InChI=1S/C18H34N4OS/c1-22(2)17(23)13-19-18(20-14-8-5-4-6-9-14)21-15-10-7-11-16(12-15)24-3/h14-16H,4-13H2,1-3H3,(H2,19,20,21). The van der Waals surface area contributed by atoms with E-state index in [2.05, 4.69) is 21.9 Å². The van der Waals surface area contributed by atoms with Crippen molar-refractivity contribution < 1.29 is 4.79 Å². The maximum Gasteiger partial charge on any atom is 0.243 e. The van der Waals surface area contributed by atoms with E-state index in [1.165, 1.54) is 57.8 Å². The van der Waals surface area contributed by atoms with Crippen LogP contribution in [0.5, 0.6) is 0 Å². The molecule has 6 heteroatoms. The first-order valence-corrected chi connectivity index (χ1v) is 10.7. The van der Waals surface area contributed by atoms with Crippen LogP contribution in [0.25, 0.3) is 0 Å². The molecule has 2 N–H and O–H groups in total. The molecule has 2 saturated carbocycles. The highest BCUT2D eigenvalue weighted by atomic mass is 32.2. The van der Waals surface area contributed by atoms with Crippen LogP contribution in [0.3, 0.4) is 0 Å². The number of guanidine groups is 1. The Hall–Kier alpha value is -0.910. The first-order chi connectivity index (χ1) is 11.6. The van der Waals surface area contributed by atoms with Gasteiger partial charge in [0.2, 0.25) is 5.91 Å². The molecular weight excluding hydrogens is 320 g/mol. The molecule has 0 bridgehead atoms. The maximum atomic E-state index is 11.9. The highest BCUT2D eigenvalue weighted by Gasteiger charge is 2.23. The Morgan fingerprint density at radius 3 is 2.38 bits per heavy atom. The zero-order valence-corrected chi connectivity index (χ0v) is 16.3. The SMILES string of the molecule is CSC1CCCC(NC(=NCC(=O)N(C)C)NC2CCCCC2)C1. The van der Waals surface area contributed by atoms with Gasteiger partial charge >= 0.3 is 0 Å². The quantitative estimate of drug-likeness (QED) is 0.589. The van der Waals surface area contributed by atoms with Gasteiger partial charge in [0, 0.05) is 31.4 Å². The number of likely N-dealkylation sites (N-methyl/N-ethyl adjacent to an activating group) is 1. The van der Waals surface area contributed by atoms with Crippen LogP contribution >= 0.6 is 11.8 Å². The molecule has 2 aliphatic carbocycles. The van der Waals surface area contributed by atoms with E-state index < -0.39 is 0 Å². The summed E-state index contributed by atoms with van der Waals surface area (Å²) in [6, 6.07) is 0.972. The van der Waals surface area contributed by atoms with Crippen LogP contribution in [0.1, 0.15) is 57.8 Å². The van der Waals surface area contributed by atoms with Crippen molar-refractivity contribution in [2.75, 3.05) is 26.9 Å². The Labute approximate surface area is 151 Å². The van der Waals surface area contributed by atoms with Crippen molar-refractivity contribution in [2.45, 2.75) is 75.1 Å². The highest BCUT2D eigenvalue weighted by molar-refractivity contribution is 7.99. The predicted molar refractivity (Wildman–Crippen MR) is 104 cm³/mol. The molecule has 0 saturated heterocycles. The van der Waals surface area contributed by atoms with Crippen molar-refractivity contribution in [1.82, 2.24) is 15.5 Å². The molecule has 2 fully saturated rings. The Morgan fingerprint density at radius 1 is 1.04 bits per heavy atom. The average molecular weight is 355 g/mol. The molecule has 0 aromatic rings. The number of hydrogen-bond acceptors (Lipinski definition) is 3. The molecule has 2 rings (SSSR count). The maximum absolute atomic E-state index is 11.9. The van der Waals surface area contributed by atoms with Gasteiger partial charge in [-0.2, -0.15) is 11.8 Å². The number of thioether (sulfide) groups is 1. The fourth-order valence-corrected chi connectivity index (χ4v) is 4.37. The number of amides is 1. The molecule has 138 valence electrons. The number of hydrogen-bond donors (Lipinski definition) is 2. The van der Waals surface area contributed by atoms with Crippen molar-refractivity contribution in [2.24, 2.45) is 4.99 Å². The van der Waals surface area contributed by atoms with Crippen LogP contribution in [-0.4, -0.2) is 61.0 Å². The van der Waals surface area contributed by atoms with Gasteiger partial charge in [0.1, 0.15) is 6.54 Å². The Balaban J connectivity index is 1.95. The minimum Gasteiger partial charge on any atom is -0.354 e. The highest BCUT2D eigenvalue weighted by Crippen LogP contribution is 2.27. The normalized spacial score (nSPS) is 26.0. The summed E-state index contributed by atoms with van der Waals surface area (Å²) in [7, 11) is 3.56. The van der Waals surface area contributed by atoms with E-state index in [1.54, 1.807) is 19.0 Å². The number of aliphatic imine (C=N–C) groups is 1. The zero-order valence-electron chi connectivity index (χ0n) is 15.5. The lowest BCUT2D eigenvalue weighted by Gasteiger charge is -2.32. The van der Waals surface area contributed by atoms with E-state index in [-0.39, 0.29) is 12.5 Å². The molecule has 2 aliphatic rings. The van der Waals surface area contributed by atoms with Gasteiger partial charge in [0.05, 0.1) is 0 Å². The molecule has 0 heterocycles. The Morgan fingerprint density at radius 2 is 1.71 bits per heavy atom. The molecule has 1 amide bonds. The number of carbonyl (C=O) groups is 1. The smallest absolute Gasteiger partial charge is 0.243 e. The fraction of sp³-hybridized carbons (Fsp3) is 0.889. The third kappa shape index (κ3) is 6.54. The van der Waals surface area contributed by atoms with E-state index in [9.17, 15) is 4.79 Å². The largest absolute Gasteiger partial charge is 0.354 e. The van der Waals surface area contributed by atoms with Crippen LogP contribution in [0.4, 0.5) is 0 Å². The first kappa shape index (κ1) is 19.4. The second kappa shape index (κ2) is 10.2. The van der Waals surface area contributed by atoms with Crippen molar-refractivity contribution in [1.29, 1.82) is 0 Å². The van der Waals surface area contributed by atoms with Gasteiger partial charge in [-0.15, -0.1) is 0 Å². The van der Waals surface area contributed by atoms with Crippen molar-refractivity contribution in [3.05, 3.63) is 0 Å². The van der Waals surface area contributed by atoms with Crippen LogP contribution in [0.2, 0.25) is 0 Å². The summed E-state index contributed by atoms with van der Waals surface area (Å²) < 4.78 is 0. The summed E-state index contributed by atoms with van der Waals surface area (Å²) in [6.07, 6.45) is 13.5. The molecule has 0 aromatic carbocycles. The van der Waals surface area contributed by atoms with Crippen LogP contribution in [0, 0.1) is 0 Å². The lowest BCUT2D eigenvalue weighted by molar-refractivity contribution is -0.127. The van der Waals surface area contributed by atoms with Gasteiger partial charge in [0.25, 0.3) is 0 Å². The molecule has 24 heavy (non-hydrogen) atoms. The summed E-state index contributed by atoms with van der Waals surface area (Å²) in [5.74, 6) is 0.884. The van der Waals surface area contributed by atoms with E-state index in [0.717, 1.165) is 11.2 Å². The third-order valence-corrected chi connectivity index (χ3v) is 6.21. The summed E-state index contributed by atoms with van der Waals surface area (Å²) in [5.41, 5.74) is 0. The lowest BCUT2D eigenvalue weighted by atomic mass is 9.94. The number of rotatable bonds is 5. The molecule has 0 spiro atoms. The van der Waals surface area contributed by atoms with Crippen molar-refractivity contribution in [3.8, 4) is 0 Å². The molecule has 5 nitrogen and oxygen atoms in total. The molecule has 0 aliphatic heterocycles. The van der Waals surface area contributed by atoms with Gasteiger partial charge in [0.15, 0.2) is 5.96 Å².